The van der Waals surface area contributed by atoms with Crippen LogP contribution in [-0.4, -0.2) is 10.7 Å². The minimum atomic E-state index is -0.835. The zero-order valence-electron chi connectivity index (χ0n) is 10.4. The highest BCUT2D eigenvalue weighted by Gasteiger charge is 2.31. The van der Waals surface area contributed by atoms with Crippen LogP contribution in [0.2, 0.25) is 0 Å². The van der Waals surface area contributed by atoms with Crippen LogP contribution in [0.3, 0.4) is 0 Å². The summed E-state index contributed by atoms with van der Waals surface area (Å²) in [4.78, 5) is 0. The van der Waals surface area contributed by atoms with Crippen LogP contribution in [0.15, 0.2) is 52.5 Å². The van der Waals surface area contributed by atoms with Crippen LogP contribution in [0.4, 0.5) is 0 Å². The summed E-state index contributed by atoms with van der Waals surface area (Å²) in [5.74, 6) is 6.27. The maximum Gasteiger partial charge on any atom is 0.0875 e. The molecule has 0 spiro atoms. The molecule has 0 saturated carbocycles. The lowest BCUT2D eigenvalue weighted by Gasteiger charge is -2.30. The Morgan fingerprint density at radius 3 is 2.56 bits per heavy atom. The summed E-state index contributed by atoms with van der Waals surface area (Å²) in [5, 5.41) is 10.2. The molecule has 2 atom stereocenters. The first-order valence-electron chi connectivity index (χ1n) is 5.89. The molecule has 1 aliphatic rings. The molecule has 1 N–H and O–H groups in total. The third kappa shape index (κ3) is 2.75. The van der Waals surface area contributed by atoms with Crippen LogP contribution in [0.5, 0.6) is 0 Å². The van der Waals surface area contributed by atoms with Gasteiger partial charge in [-0.05, 0) is 41.1 Å². The van der Waals surface area contributed by atoms with Gasteiger partial charge in [-0.3, -0.25) is 0 Å². The highest BCUT2D eigenvalue weighted by Crippen LogP contribution is 2.34. The quantitative estimate of drug-likeness (QED) is 0.725. The van der Waals surface area contributed by atoms with E-state index >= 15 is 0 Å². The average molecular weight is 303 g/mol. The van der Waals surface area contributed by atoms with Crippen LogP contribution in [0, 0.1) is 17.8 Å². The van der Waals surface area contributed by atoms with Gasteiger partial charge in [-0.25, -0.2) is 0 Å². The van der Waals surface area contributed by atoms with Gasteiger partial charge in [0.15, 0.2) is 0 Å². The lowest BCUT2D eigenvalue weighted by molar-refractivity contribution is 0.0698. The molecular formula is C16H15BrO. The second kappa shape index (κ2) is 5.14. The fourth-order valence-corrected chi connectivity index (χ4v) is 2.38. The molecule has 0 amide bonds. The van der Waals surface area contributed by atoms with Crippen molar-refractivity contribution in [3.63, 3.8) is 0 Å². The van der Waals surface area contributed by atoms with Gasteiger partial charge in [0.2, 0.25) is 0 Å². The molecule has 0 saturated heterocycles. The molecule has 2 rings (SSSR count). The van der Waals surface area contributed by atoms with Crippen molar-refractivity contribution in [2.45, 2.75) is 19.4 Å². The van der Waals surface area contributed by atoms with Gasteiger partial charge in [-0.2, -0.15) is 0 Å². The smallest absolute Gasteiger partial charge is 0.0875 e. The molecular weight excluding hydrogens is 288 g/mol. The van der Waals surface area contributed by atoms with Gasteiger partial charge < -0.3 is 5.11 Å². The van der Waals surface area contributed by atoms with Crippen molar-refractivity contribution in [1.29, 1.82) is 0 Å². The van der Waals surface area contributed by atoms with Crippen LogP contribution in [0.1, 0.15) is 19.4 Å². The Kier molecular flexibility index (Phi) is 3.75. The molecule has 2 heteroatoms. The number of rotatable bonds is 0. The number of hydrogen-bond donors (Lipinski definition) is 1. The Bertz CT molecular complexity index is 556. The molecule has 1 aromatic rings. The second-order valence-electron chi connectivity index (χ2n) is 4.66. The topological polar surface area (TPSA) is 20.2 Å². The van der Waals surface area contributed by atoms with Crippen LogP contribution < -0.4 is 0 Å². The predicted molar refractivity (Wildman–Crippen MR) is 78.2 cm³/mol. The summed E-state index contributed by atoms with van der Waals surface area (Å²) in [5.41, 5.74) is 1.08. The van der Waals surface area contributed by atoms with Gasteiger partial charge >= 0.3 is 0 Å². The molecule has 0 heterocycles. The van der Waals surface area contributed by atoms with Crippen LogP contribution in [-0.2, 0) is 0 Å². The zero-order chi connectivity index (χ0) is 13.2. The molecule has 0 aromatic heterocycles. The molecule has 0 aliphatic heterocycles. The Hall–Kier alpha value is -1.30. The normalized spacial score (nSPS) is 26.8. The van der Waals surface area contributed by atoms with Gasteiger partial charge in [-0.15, -0.1) is 0 Å². The maximum absolute atomic E-state index is 10.2. The molecule has 92 valence electrons. The number of hydrogen-bond acceptors (Lipinski definition) is 1. The Labute approximate surface area is 116 Å². The summed E-state index contributed by atoms with van der Waals surface area (Å²) >= 11 is 3.50. The van der Waals surface area contributed by atoms with E-state index in [1.165, 1.54) is 0 Å². The van der Waals surface area contributed by atoms with Gasteiger partial charge in [0.1, 0.15) is 0 Å². The highest BCUT2D eigenvalue weighted by atomic mass is 79.9. The Balaban J connectivity index is 2.34. The fourth-order valence-electron chi connectivity index (χ4n) is 1.80. The molecule has 0 bridgehead atoms. The van der Waals surface area contributed by atoms with Crippen molar-refractivity contribution in [3.05, 3.63) is 58.1 Å². The van der Waals surface area contributed by atoms with Gasteiger partial charge in [0.25, 0.3) is 0 Å². The van der Waals surface area contributed by atoms with Crippen LogP contribution >= 0.6 is 15.9 Å². The third-order valence-electron chi connectivity index (χ3n) is 3.25. The Morgan fingerprint density at radius 2 is 1.89 bits per heavy atom. The van der Waals surface area contributed by atoms with Crippen molar-refractivity contribution in [3.8, 4) is 11.8 Å². The van der Waals surface area contributed by atoms with Crippen molar-refractivity contribution < 1.29 is 5.11 Å². The largest absolute Gasteiger partial charge is 0.385 e. The molecule has 18 heavy (non-hydrogen) atoms. The van der Waals surface area contributed by atoms with Crippen molar-refractivity contribution in [1.82, 2.24) is 0 Å². The number of allylic oxidation sites excluding steroid dienone is 2. The molecule has 0 fully saturated rings. The van der Waals surface area contributed by atoms with E-state index in [4.69, 9.17) is 0 Å². The molecule has 0 radical (unpaired) electrons. The van der Waals surface area contributed by atoms with E-state index in [2.05, 4.69) is 27.8 Å². The minimum Gasteiger partial charge on any atom is -0.385 e. The highest BCUT2D eigenvalue weighted by molar-refractivity contribution is 9.11. The summed E-state index contributed by atoms with van der Waals surface area (Å²) < 4.78 is 0.949. The molecule has 1 aliphatic carbocycles. The average Bonchev–Trinajstić information content (AvgIpc) is 2.36. The van der Waals surface area contributed by atoms with Gasteiger partial charge in [0.05, 0.1) is 5.60 Å². The van der Waals surface area contributed by atoms with E-state index in [0.29, 0.717) is 0 Å². The summed E-state index contributed by atoms with van der Waals surface area (Å²) in [6.07, 6.45) is 3.67. The van der Waals surface area contributed by atoms with Gasteiger partial charge in [-0.1, -0.05) is 43.0 Å². The summed E-state index contributed by atoms with van der Waals surface area (Å²) in [6.45, 7) is 3.79. The zero-order valence-corrected chi connectivity index (χ0v) is 12.0. The number of halogens is 1. The minimum absolute atomic E-state index is 0.0203. The third-order valence-corrected chi connectivity index (χ3v) is 3.94. The molecule has 2 unspecified atom stereocenters. The lowest BCUT2D eigenvalue weighted by Crippen LogP contribution is -2.33. The maximum atomic E-state index is 10.2. The standard InChI is InChI=1S/C16H15BrO/c1-12-14(15(17)10-11-16(12,2)18)9-8-13-6-4-3-5-7-13/h3-7,10-12,18H,1-2H3. The fraction of sp³-hybridized carbons (Fsp3) is 0.250. The lowest BCUT2D eigenvalue weighted by atomic mass is 9.81. The number of aliphatic hydroxyl groups is 1. The van der Waals surface area contributed by atoms with E-state index in [1.807, 2.05) is 43.3 Å². The van der Waals surface area contributed by atoms with E-state index in [0.717, 1.165) is 15.6 Å². The van der Waals surface area contributed by atoms with Crippen LogP contribution in [0.25, 0.3) is 0 Å². The van der Waals surface area contributed by atoms with E-state index in [1.54, 1.807) is 13.0 Å². The summed E-state index contributed by atoms with van der Waals surface area (Å²) in [6, 6.07) is 9.85. The summed E-state index contributed by atoms with van der Waals surface area (Å²) in [7, 11) is 0. The van der Waals surface area contributed by atoms with Crippen molar-refractivity contribution >= 4 is 15.9 Å². The number of benzene rings is 1. The van der Waals surface area contributed by atoms with Crippen molar-refractivity contribution in [2.75, 3.05) is 0 Å². The first-order valence-corrected chi connectivity index (χ1v) is 6.68. The SMILES string of the molecule is CC1C(C#Cc2ccccc2)=C(Br)C=CC1(C)O. The monoisotopic (exact) mass is 302 g/mol. The van der Waals surface area contributed by atoms with Gasteiger partial charge in [0, 0.05) is 21.5 Å². The molecule has 1 aromatic carbocycles. The molecule has 1 nitrogen and oxygen atoms in total. The first kappa shape index (κ1) is 13.1. The van der Waals surface area contributed by atoms with Crippen molar-refractivity contribution in [2.24, 2.45) is 5.92 Å². The Morgan fingerprint density at radius 1 is 1.22 bits per heavy atom. The van der Waals surface area contributed by atoms with E-state index in [-0.39, 0.29) is 5.92 Å². The second-order valence-corrected chi connectivity index (χ2v) is 5.51. The first-order chi connectivity index (χ1) is 8.50. The van der Waals surface area contributed by atoms with E-state index in [9.17, 15) is 5.11 Å². The predicted octanol–water partition coefficient (Wildman–Crippen LogP) is 3.64. The van der Waals surface area contributed by atoms with E-state index < -0.39 is 5.60 Å².